The molecule has 1 aromatic carbocycles. The molecule has 3 rings (SSSR count). The molecule has 0 radical (unpaired) electrons. The van der Waals surface area contributed by atoms with Gasteiger partial charge in [-0.15, -0.1) is 0 Å². The Morgan fingerprint density at radius 3 is 2.56 bits per heavy atom. The van der Waals surface area contributed by atoms with Crippen molar-refractivity contribution in [3.05, 3.63) is 23.8 Å². The largest absolute Gasteiger partial charge is 0.383 e. The number of methoxy groups -OCH3 is 1. The van der Waals surface area contributed by atoms with Crippen LogP contribution in [0.5, 0.6) is 0 Å². The van der Waals surface area contributed by atoms with Gasteiger partial charge in [0.1, 0.15) is 0 Å². The highest BCUT2D eigenvalue weighted by Crippen LogP contribution is 2.31. The van der Waals surface area contributed by atoms with Gasteiger partial charge in [0.05, 0.1) is 12.2 Å². The molecule has 1 saturated carbocycles. The maximum Gasteiger partial charge on any atom is 0.253 e. The van der Waals surface area contributed by atoms with Crippen LogP contribution in [0, 0.1) is 11.8 Å². The lowest BCUT2D eigenvalue weighted by molar-refractivity contribution is -0.122. The summed E-state index contributed by atoms with van der Waals surface area (Å²) in [6.07, 6.45) is 5.30. The maximum absolute atomic E-state index is 12.8. The number of benzene rings is 1. The van der Waals surface area contributed by atoms with Gasteiger partial charge in [-0.2, -0.15) is 0 Å². The molecule has 1 aliphatic heterocycles. The molecule has 1 aromatic rings. The van der Waals surface area contributed by atoms with Crippen molar-refractivity contribution in [3.63, 3.8) is 0 Å². The first-order chi connectivity index (χ1) is 13.1. The average molecular weight is 373 g/mol. The molecule has 1 aliphatic carbocycles. The quantitative estimate of drug-likeness (QED) is 0.721. The lowest BCUT2D eigenvalue weighted by Gasteiger charge is -2.33. The van der Waals surface area contributed by atoms with Crippen molar-refractivity contribution in [2.24, 2.45) is 11.8 Å². The Bertz CT molecular complexity index is 665. The molecule has 1 heterocycles. The summed E-state index contributed by atoms with van der Waals surface area (Å²) in [5.74, 6) is 0.778. The van der Waals surface area contributed by atoms with Crippen LogP contribution in [0.4, 0.5) is 11.4 Å². The third-order valence-electron chi connectivity index (χ3n) is 5.70. The fraction of sp³-hybridized carbons (Fsp3) is 0.619. The Hall–Kier alpha value is -2.08. The molecule has 0 bridgehead atoms. The van der Waals surface area contributed by atoms with Crippen molar-refractivity contribution < 1.29 is 14.3 Å². The van der Waals surface area contributed by atoms with Crippen molar-refractivity contribution in [1.29, 1.82) is 0 Å². The van der Waals surface area contributed by atoms with E-state index in [0.717, 1.165) is 56.8 Å². The van der Waals surface area contributed by atoms with Crippen molar-refractivity contribution in [2.45, 2.75) is 39.0 Å². The van der Waals surface area contributed by atoms with Crippen LogP contribution in [-0.4, -0.2) is 45.2 Å². The van der Waals surface area contributed by atoms with Crippen LogP contribution in [0.25, 0.3) is 0 Å². The summed E-state index contributed by atoms with van der Waals surface area (Å²) < 4.78 is 5.03. The molecule has 2 N–H and O–H groups in total. The highest BCUT2D eigenvalue weighted by atomic mass is 16.5. The minimum absolute atomic E-state index is 0.0616. The van der Waals surface area contributed by atoms with Crippen LogP contribution < -0.4 is 15.5 Å². The second-order valence-electron chi connectivity index (χ2n) is 7.77. The third-order valence-corrected chi connectivity index (χ3v) is 5.70. The van der Waals surface area contributed by atoms with E-state index in [0.29, 0.717) is 24.4 Å². The maximum atomic E-state index is 12.8. The molecule has 0 unspecified atom stereocenters. The Kier molecular flexibility index (Phi) is 6.72. The van der Waals surface area contributed by atoms with E-state index >= 15 is 0 Å². The molecular formula is C21H31N3O3. The number of rotatable bonds is 7. The van der Waals surface area contributed by atoms with Gasteiger partial charge in [0.2, 0.25) is 5.91 Å². The zero-order chi connectivity index (χ0) is 19.2. The summed E-state index contributed by atoms with van der Waals surface area (Å²) in [5, 5.41) is 5.89. The average Bonchev–Trinajstić information content (AvgIpc) is 2.61. The molecule has 148 valence electrons. The van der Waals surface area contributed by atoms with E-state index in [2.05, 4.69) is 22.5 Å². The van der Waals surface area contributed by atoms with Crippen molar-refractivity contribution in [1.82, 2.24) is 5.32 Å². The molecule has 0 spiro atoms. The van der Waals surface area contributed by atoms with Gasteiger partial charge in [-0.1, -0.05) is 13.3 Å². The van der Waals surface area contributed by atoms with E-state index in [1.165, 1.54) is 0 Å². The third kappa shape index (κ3) is 5.01. The molecule has 2 amide bonds. The minimum Gasteiger partial charge on any atom is -0.383 e. The van der Waals surface area contributed by atoms with Gasteiger partial charge in [-0.3, -0.25) is 9.59 Å². The molecule has 0 aromatic heterocycles. The van der Waals surface area contributed by atoms with E-state index < -0.39 is 0 Å². The fourth-order valence-corrected chi connectivity index (χ4v) is 3.60. The van der Waals surface area contributed by atoms with Crippen LogP contribution in [-0.2, 0) is 9.53 Å². The summed E-state index contributed by atoms with van der Waals surface area (Å²) in [6, 6.07) is 5.69. The van der Waals surface area contributed by atoms with Crippen LogP contribution in [0.1, 0.15) is 49.4 Å². The standard InChI is InChI=1S/C21H31N3O3/c1-15-8-11-24(12-9-15)19-7-6-17(23-20(25)16-4-3-5-16)14-18(19)21(26)22-10-13-27-2/h6-7,14-16H,3-5,8-13H2,1-2H3,(H,22,26)(H,23,25). The number of nitrogens with zero attached hydrogens (tertiary/aromatic N) is 1. The lowest BCUT2D eigenvalue weighted by Crippen LogP contribution is -2.35. The molecular weight excluding hydrogens is 342 g/mol. The number of carbonyl (C=O) groups excluding carboxylic acids is 2. The van der Waals surface area contributed by atoms with E-state index in [4.69, 9.17) is 4.74 Å². The number of nitrogens with one attached hydrogen (secondary N) is 2. The highest BCUT2D eigenvalue weighted by molar-refractivity contribution is 6.02. The molecule has 6 nitrogen and oxygen atoms in total. The van der Waals surface area contributed by atoms with E-state index in [1.807, 2.05) is 18.2 Å². The van der Waals surface area contributed by atoms with E-state index in [-0.39, 0.29) is 17.7 Å². The van der Waals surface area contributed by atoms with Crippen LogP contribution >= 0.6 is 0 Å². The van der Waals surface area contributed by atoms with Gasteiger partial charge in [-0.05, 0) is 49.8 Å². The topological polar surface area (TPSA) is 70.7 Å². The number of ether oxygens (including phenoxy) is 1. The summed E-state index contributed by atoms with van der Waals surface area (Å²) in [6.45, 7) is 5.11. The molecule has 27 heavy (non-hydrogen) atoms. The number of carbonyl (C=O) groups is 2. The first-order valence-corrected chi connectivity index (χ1v) is 10.1. The smallest absolute Gasteiger partial charge is 0.253 e. The second-order valence-corrected chi connectivity index (χ2v) is 7.77. The van der Waals surface area contributed by atoms with Gasteiger partial charge in [0.15, 0.2) is 0 Å². The predicted octanol–water partition coefficient (Wildman–Crippen LogP) is 3.04. The first kappa shape index (κ1) is 19.7. The Labute approximate surface area is 161 Å². The highest BCUT2D eigenvalue weighted by Gasteiger charge is 2.26. The van der Waals surface area contributed by atoms with Crippen molar-refractivity contribution in [2.75, 3.05) is 43.6 Å². The number of amides is 2. The van der Waals surface area contributed by atoms with E-state index in [1.54, 1.807) is 7.11 Å². The number of hydrogen-bond acceptors (Lipinski definition) is 4. The van der Waals surface area contributed by atoms with Gasteiger partial charge in [0, 0.05) is 44.0 Å². The SMILES string of the molecule is COCCNC(=O)c1cc(NC(=O)C2CCC2)ccc1N1CCC(C)CC1. The zero-order valence-corrected chi connectivity index (χ0v) is 16.4. The van der Waals surface area contributed by atoms with Gasteiger partial charge < -0.3 is 20.3 Å². The van der Waals surface area contributed by atoms with Crippen LogP contribution in [0.2, 0.25) is 0 Å². The van der Waals surface area contributed by atoms with E-state index in [9.17, 15) is 9.59 Å². The molecule has 1 saturated heterocycles. The van der Waals surface area contributed by atoms with Crippen molar-refractivity contribution in [3.8, 4) is 0 Å². The number of piperidine rings is 1. The fourth-order valence-electron chi connectivity index (χ4n) is 3.60. The first-order valence-electron chi connectivity index (χ1n) is 10.1. The number of hydrogen-bond donors (Lipinski definition) is 2. The predicted molar refractivity (Wildman–Crippen MR) is 107 cm³/mol. The zero-order valence-electron chi connectivity index (χ0n) is 16.4. The molecule has 0 atom stereocenters. The monoisotopic (exact) mass is 373 g/mol. The minimum atomic E-state index is -0.125. The normalized spacial score (nSPS) is 18.1. The van der Waals surface area contributed by atoms with Crippen LogP contribution in [0.15, 0.2) is 18.2 Å². The Morgan fingerprint density at radius 2 is 1.93 bits per heavy atom. The number of anilines is 2. The molecule has 6 heteroatoms. The Balaban J connectivity index is 1.78. The summed E-state index contributed by atoms with van der Waals surface area (Å²) in [7, 11) is 1.61. The Morgan fingerprint density at radius 1 is 1.19 bits per heavy atom. The molecule has 2 fully saturated rings. The summed E-state index contributed by atoms with van der Waals surface area (Å²) in [5.41, 5.74) is 2.25. The van der Waals surface area contributed by atoms with Gasteiger partial charge >= 0.3 is 0 Å². The van der Waals surface area contributed by atoms with Gasteiger partial charge in [-0.25, -0.2) is 0 Å². The van der Waals surface area contributed by atoms with Gasteiger partial charge in [0.25, 0.3) is 5.91 Å². The lowest BCUT2D eigenvalue weighted by atomic mass is 9.85. The summed E-state index contributed by atoms with van der Waals surface area (Å²) >= 11 is 0. The summed E-state index contributed by atoms with van der Waals surface area (Å²) in [4.78, 5) is 27.3. The molecule has 2 aliphatic rings. The van der Waals surface area contributed by atoms with Crippen LogP contribution in [0.3, 0.4) is 0 Å². The second kappa shape index (κ2) is 9.22. The van der Waals surface area contributed by atoms with Crippen molar-refractivity contribution >= 4 is 23.2 Å².